The van der Waals surface area contributed by atoms with Crippen LogP contribution in [0.25, 0.3) is 0 Å². The molecule has 0 aliphatic carbocycles. The van der Waals surface area contributed by atoms with Crippen LogP contribution in [-0.2, 0) is 12.8 Å². The van der Waals surface area contributed by atoms with Crippen LogP contribution in [0.5, 0.6) is 0 Å². The van der Waals surface area contributed by atoms with Crippen LogP contribution in [0.1, 0.15) is 45.3 Å². The maximum Gasteiger partial charge on any atom is 0.229 e. The molecule has 0 bridgehead atoms. The molecule has 102 valence electrons. The fraction of sp³-hybridized carbons (Fsp3) is 0.846. The summed E-state index contributed by atoms with van der Waals surface area (Å²) in [4.78, 5) is 6.85. The van der Waals surface area contributed by atoms with Gasteiger partial charge in [0, 0.05) is 18.5 Å². The number of aromatic nitrogens is 2. The molecule has 2 atom stereocenters. The lowest BCUT2D eigenvalue weighted by Crippen LogP contribution is -2.36. The molecule has 1 aliphatic rings. The molecule has 2 rings (SSSR count). The molecule has 2 unspecified atom stereocenters. The Hall–Kier alpha value is -0.940. The fourth-order valence-electron chi connectivity index (χ4n) is 2.68. The topological polar surface area (TPSA) is 62.4 Å². The van der Waals surface area contributed by atoms with Gasteiger partial charge in [-0.25, -0.2) is 0 Å². The van der Waals surface area contributed by atoms with Gasteiger partial charge in [0.2, 0.25) is 5.89 Å². The van der Waals surface area contributed by atoms with Gasteiger partial charge in [-0.1, -0.05) is 5.16 Å². The van der Waals surface area contributed by atoms with Gasteiger partial charge in [0.15, 0.2) is 5.82 Å². The summed E-state index contributed by atoms with van der Waals surface area (Å²) in [5.41, 5.74) is 0. The summed E-state index contributed by atoms with van der Waals surface area (Å²) in [5, 5.41) is 13.3. The summed E-state index contributed by atoms with van der Waals surface area (Å²) in [7, 11) is 0. The van der Waals surface area contributed by atoms with Gasteiger partial charge in [-0.3, -0.25) is 4.90 Å². The molecule has 0 amide bonds. The molecule has 0 radical (unpaired) electrons. The van der Waals surface area contributed by atoms with Gasteiger partial charge >= 0.3 is 0 Å². The number of nitrogens with zero attached hydrogens (tertiary/aromatic N) is 3. The van der Waals surface area contributed by atoms with E-state index < -0.39 is 6.10 Å². The van der Waals surface area contributed by atoms with Gasteiger partial charge in [-0.05, 0) is 40.2 Å². The third-order valence-electron chi connectivity index (χ3n) is 3.48. The van der Waals surface area contributed by atoms with Crippen LogP contribution in [0, 0.1) is 0 Å². The third-order valence-corrected chi connectivity index (χ3v) is 3.48. The molecule has 1 fully saturated rings. The molecular formula is C13H23N3O2. The quantitative estimate of drug-likeness (QED) is 0.859. The first-order valence-electron chi connectivity index (χ1n) is 6.81. The van der Waals surface area contributed by atoms with E-state index in [4.69, 9.17) is 4.52 Å². The highest BCUT2D eigenvalue weighted by molar-refractivity contribution is 4.94. The zero-order valence-electron chi connectivity index (χ0n) is 11.5. The van der Waals surface area contributed by atoms with Crippen molar-refractivity contribution in [3.05, 3.63) is 11.7 Å². The van der Waals surface area contributed by atoms with Gasteiger partial charge in [-0.15, -0.1) is 0 Å². The van der Waals surface area contributed by atoms with E-state index in [0.717, 1.165) is 12.2 Å². The van der Waals surface area contributed by atoms with Gasteiger partial charge in [0.25, 0.3) is 0 Å². The minimum absolute atomic E-state index is 0.433. The predicted octanol–water partition coefficient (Wildman–Crippen LogP) is 1.41. The molecule has 5 heteroatoms. The van der Waals surface area contributed by atoms with E-state index in [1.54, 1.807) is 6.92 Å². The monoisotopic (exact) mass is 253 g/mol. The maximum atomic E-state index is 9.28. The molecular weight excluding hydrogens is 230 g/mol. The van der Waals surface area contributed by atoms with Crippen molar-refractivity contribution in [2.45, 2.75) is 64.6 Å². The Kier molecular flexibility index (Phi) is 4.35. The van der Waals surface area contributed by atoms with Gasteiger partial charge in [0.05, 0.1) is 12.5 Å². The lowest BCUT2D eigenvalue weighted by atomic mass is 10.1. The largest absolute Gasteiger partial charge is 0.393 e. The van der Waals surface area contributed by atoms with Crippen LogP contribution in [0.4, 0.5) is 0 Å². The second kappa shape index (κ2) is 5.80. The van der Waals surface area contributed by atoms with E-state index in [1.165, 1.54) is 19.4 Å². The molecule has 2 heterocycles. The molecule has 1 saturated heterocycles. The summed E-state index contributed by atoms with van der Waals surface area (Å²) < 4.78 is 5.14. The zero-order valence-corrected chi connectivity index (χ0v) is 11.5. The highest BCUT2D eigenvalue weighted by atomic mass is 16.5. The number of hydrogen-bond acceptors (Lipinski definition) is 5. The van der Waals surface area contributed by atoms with Crippen LogP contribution in [0.2, 0.25) is 0 Å². The lowest BCUT2D eigenvalue weighted by Gasteiger charge is -2.27. The Balaban J connectivity index is 1.94. The molecule has 1 N–H and O–H groups in total. The van der Waals surface area contributed by atoms with Crippen molar-refractivity contribution in [1.82, 2.24) is 15.0 Å². The van der Waals surface area contributed by atoms with Crippen molar-refractivity contribution < 1.29 is 9.63 Å². The molecule has 0 saturated carbocycles. The van der Waals surface area contributed by atoms with Crippen LogP contribution in [-0.4, -0.2) is 44.9 Å². The average Bonchev–Trinajstić information content (AvgIpc) is 2.87. The summed E-state index contributed by atoms with van der Waals surface area (Å²) in [5.74, 6) is 1.30. The number of hydrogen-bond donors (Lipinski definition) is 1. The molecule has 1 aliphatic heterocycles. The molecule has 18 heavy (non-hydrogen) atoms. The van der Waals surface area contributed by atoms with E-state index in [0.29, 0.717) is 24.4 Å². The van der Waals surface area contributed by atoms with E-state index >= 15 is 0 Å². The first kappa shape index (κ1) is 13.5. The van der Waals surface area contributed by atoms with E-state index in [2.05, 4.69) is 28.9 Å². The Morgan fingerprint density at radius 2 is 2.22 bits per heavy atom. The van der Waals surface area contributed by atoms with E-state index in [9.17, 15) is 5.11 Å². The molecule has 0 spiro atoms. The van der Waals surface area contributed by atoms with Crippen molar-refractivity contribution in [2.24, 2.45) is 0 Å². The zero-order chi connectivity index (χ0) is 13.1. The lowest BCUT2D eigenvalue weighted by molar-refractivity contribution is 0.180. The second-order valence-corrected chi connectivity index (χ2v) is 5.49. The Bertz CT molecular complexity index is 376. The summed E-state index contributed by atoms with van der Waals surface area (Å²) in [6, 6.07) is 1.10. The van der Waals surface area contributed by atoms with Gasteiger partial charge in [0.1, 0.15) is 0 Å². The third kappa shape index (κ3) is 3.29. The number of rotatable bonds is 5. The highest BCUT2D eigenvalue weighted by Crippen LogP contribution is 2.22. The van der Waals surface area contributed by atoms with Crippen molar-refractivity contribution >= 4 is 0 Å². The maximum absolute atomic E-state index is 9.28. The minimum Gasteiger partial charge on any atom is -0.393 e. The Morgan fingerprint density at radius 1 is 1.44 bits per heavy atom. The van der Waals surface area contributed by atoms with Crippen molar-refractivity contribution in [1.29, 1.82) is 0 Å². The van der Waals surface area contributed by atoms with Crippen molar-refractivity contribution in [2.75, 3.05) is 6.54 Å². The normalized spacial score (nSPS) is 22.8. The molecule has 0 aromatic carbocycles. The van der Waals surface area contributed by atoms with Crippen LogP contribution in [0.3, 0.4) is 0 Å². The second-order valence-electron chi connectivity index (χ2n) is 5.49. The predicted molar refractivity (Wildman–Crippen MR) is 68.3 cm³/mol. The van der Waals surface area contributed by atoms with Crippen LogP contribution < -0.4 is 0 Å². The Morgan fingerprint density at radius 3 is 2.89 bits per heavy atom. The molecule has 1 aromatic rings. The standard InChI is InChI=1S/C13H23N3O2/c1-9(2)16-6-4-5-11(16)8-12-14-13(18-15-12)7-10(3)17/h9-11,17H,4-8H2,1-3H3. The summed E-state index contributed by atoms with van der Waals surface area (Å²) in [6.45, 7) is 7.35. The van der Waals surface area contributed by atoms with E-state index in [1.807, 2.05) is 0 Å². The van der Waals surface area contributed by atoms with Crippen LogP contribution >= 0.6 is 0 Å². The SMILES string of the molecule is CC(O)Cc1nc(CC2CCCN2C(C)C)no1. The summed E-state index contributed by atoms with van der Waals surface area (Å²) in [6.07, 6.45) is 3.31. The fourth-order valence-corrected chi connectivity index (χ4v) is 2.68. The van der Waals surface area contributed by atoms with Crippen LogP contribution in [0.15, 0.2) is 4.52 Å². The first-order chi connectivity index (χ1) is 8.56. The summed E-state index contributed by atoms with van der Waals surface area (Å²) >= 11 is 0. The highest BCUT2D eigenvalue weighted by Gasteiger charge is 2.28. The van der Waals surface area contributed by atoms with Gasteiger partial charge in [-0.2, -0.15) is 4.98 Å². The van der Waals surface area contributed by atoms with Crippen molar-refractivity contribution in [3.63, 3.8) is 0 Å². The first-order valence-corrected chi connectivity index (χ1v) is 6.81. The van der Waals surface area contributed by atoms with Gasteiger partial charge < -0.3 is 9.63 Å². The van der Waals surface area contributed by atoms with Crippen molar-refractivity contribution in [3.8, 4) is 0 Å². The minimum atomic E-state index is -0.433. The number of aliphatic hydroxyl groups is 1. The van der Waals surface area contributed by atoms with E-state index in [-0.39, 0.29) is 0 Å². The Labute approximate surface area is 108 Å². The number of likely N-dealkylation sites (tertiary alicyclic amines) is 1. The smallest absolute Gasteiger partial charge is 0.229 e. The molecule has 1 aromatic heterocycles. The number of aliphatic hydroxyl groups excluding tert-OH is 1. The molecule has 5 nitrogen and oxygen atoms in total. The average molecular weight is 253 g/mol.